The van der Waals surface area contributed by atoms with Gasteiger partial charge < -0.3 is 10.1 Å². The molecule has 1 aliphatic rings. The third kappa shape index (κ3) is 3.88. The first-order valence-corrected chi connectivity index (χ1v) is 11.1. The van der Waals surface area contributed by atoms with Crippen molar-refractivity contribution in [1.29, 1.82) is 0 Å². The van der Waals surface area contributed by atoms with E-state index in [0.29, 0.717) is 35.0 Å². The highest BCUT2D eigenvalue weighted by Gasteiger charge is 2.33. The Morgan fingerprint density at radius 3 is 2.45 bits per heavy atom. The summed E-state index contributed by atoms with van der Waals surface area (Å²) in [6.45, 7) is 4.41. The van der Waals surface area contributed by atoms with E-state index in [1.54, 1.807) is 28.9 Å². The molecule has 2 heterocycles. The summed E-state index contributed by atoms with van der Waals surface area (Å²) in [5.41, 5.74) is 3.32. The summed E-state index contributed by atoms with van der Waals surface area (Å²) in [4.78, 5) is 12.8. The van der Waals surface area contributed by atoms with Gasteiger partial charge in [0, 0.05) is 11.1 Å². The number of carbonyl (C=O) groups excluding carboxylic acids is 1. The van der Waals surface area contributed by atoms with Gasteiger partial charge >= 0.3 is 0 Å². The molecule has 150 valence electrons. The van der Waals surface area contributed by atoms with E-state index in [1.165, 1.54) is 0 Å². The highest BCUT2D eigenvalue weighted by atomic mass is 32.2. The van der Waals surface area contributed by atoms with Crippen molar-refractivity contribution in [2.75, 3.05) is 11.9 Å². The number of hydrogen-bond acceptors (Lipinski definition) is 5. The van der Waals surface area contributed by atoms with Crippen molar-refractivity contribution in [2.45, 2.75) is 25.4 Å². The topological polar surface area (TPSA) is 90.3 Å². The van der Waals surface area contributed by atoms with Crippen LogP contribution in [0.2, 0.25) is 0 Å². The van der Waals surface area contributed by atoms with Crippen molar-refractivity contribution in [3.8, 4) is 11.4 Å². The molecular formula is C21H21N3O4S. The number of carbonyl (C=O) groups is 1. The van der Waals surface area contributed by atoms with Crippen LogP contribution >= 0.6 is 0 Å². The van der Waals surface area contributed by atoms with Gasteiger partial charge in [0.1, 0.15) is 11.6 Å². The maximum Gasteiger partial charge on any atom is 0.256 e. The summed E-state index contributed by atoms with van der Waals surface area (Å²) in [5, 5.41) is 7.34. The van der Waals surface area contributed by atoms with Crippen LogP contribution in [0, 0.1) is 6.92 Å². The van der Waals surface area contributed by atoms with Crippen molar-refractivity contribution in [2.24, 2.45) is 0 Å². The Bertz CT molecular complexity index is 1160. The maximum atomic E-state index is 12.8. The molecule has 0 unspecified atom stereocenters. The standard InChI is InChI=1S/C21H21N3O4S/c1-3-28-17-10-6-15(7-11-17)21(25)22-20-18-12-29(26,27)13-19(18)23-24(20)16-8-4-14(2)5-9-16/h4-11H,3,12-13H2,1-2H3,(H,22,25). The normalized spacial score (nSPS) is 14.4. The second-order valence-corrected chi connectivity index (χ2v) is 9.03. The Kier molecular flexibility index (Phi) is 4.87. The van der Waals surface area contributed by atoms with Crippen LogP contribution < -0.4 is 10.1 Å². The highest BCUT2D eigenvalue weighted by Crippen LogP contribution is 2.33. The number of amides is 1. The Labute approximate surface area is 169 Å². The number of anilines is 1. The van der Waals surface area contributed by atoms with Crippen molar-refractivity contribution in [3.63, 3.8) is 0 Å². The molecule has 8 heteroatoms. The van der Waals surface area contributed by atoms with Crippen LogP contribution in [-0.2, 0) is 21.3 Å². The van der Waals surface area contributed by atoms with Gasteiger partial charge in [0.15, 0.2) is 9.84 Å². The molecule has 2 aromatic carbocycles. The fraction of sp³-hybridized carbons (Fsp3) is 0.238. The quantitative estimate of drug-likeness (QED) is 0.696. The number of ether oxygens (including phenoxy) is 1. The third-order valence-corrected chi connectivity index (χ3v) is 6.17. The number of aromatic nitrogens is 2. The summed E-state index contributed by atoms with van der Waals surface area (Å²) < 4.78 is 31.2. The van der Waals surface area contributed by atoms with E-state index < -0.39 is 9.84 Å². The molecule has 1 aliphatic heterocycles. The molecule has 0 radical (unpaired) electrons. The summed E-state index contributed by atoms with van der Waals surface area (Å²) in [6, 6.07) is 14.5. The molecule has 3 aromatic rings. The van der Waals surface area contributed by atoms with Gasteiger partial charge in [-0.2, -0.15) is 5.10 Å². The SMILES string of the molecule is CCOc1ccc(C(=O)Nc2c3c(nn2-c2ccc(C)cc2)CS(=O)(=O)C3)cc1. The number of fused-ring (bicyclic) bond motifs is 1. The number of nitrogens with one attached hydrogen (secondary N) is 1. The molecule has 1 N–H and O–H groups in total. The predicted molar refractivity (Wildman–Crippen MR) is 110 cm³/mol. The number of benzene rings is 2. The molecule has 0 bridgehead atoms. The molecule has 4 rings (SSSR count). The smallest absolute Gasteiger partial charge is 0.256 e. The molecule has 0 aliphatic carbocycles. The van der Waals surface area contributed by atoms with Gasteiger partial charge in [-0.05, 0) is 50.2 Å². The monoisotopic (exact) mass is 411 g/mol. The molecule has 0 fully saturated rings. The van der Waals surface area contributed by atoms with Crippen LogP contribution in [0.1, 0.15) is 34.1 Å². The van der Waals surface area contributed by atoms with Crippen LogP contribution in [0.4, 0.5) is 5.82 Å². The zero-order chi connectivity index (χ0) is 20.6. The minimum absolute atomic E-state index is 0.118. The fourth-order valence-electron chi connectivity index (χ4n) is 3.29. The molecule has 1 amide bonds. The average molecular weight is 411 g/mol. The van der Waals surface area contributed by atoms with Gasteiger partial charge in [0.25, 0.3) is 5.91 Å². The van der Waals surface area contributed by atoms with E-state index in [0.717, 1.165) is 11.3 Å². The third-order valence-electron chi connectivity index (χ3n) is 4.73. The van der Waals surface area contributed by atoms with Gasteiger partial charge in [0.05, 0.1) is 29.5 Å². The molecule has 1 aromatic heterocycles. The van der Waals surface area contributed by atoms with Gasteiger partial charge in [-0.1, -0.05) is 17.7 Å². The van der Waals surface area contributed by atoms with E-state index in [1.807, 2.05) is 38.1 Å². The van der Waals surface area contributed by atoms with Gasteiger partial charge in [-0.15, -0.1) is 0 Å². The Morgan fingerprint density at radius 1 is 1.10 bits per heavy atom. The zero-order valence-corrected chi connectivity index (χ0v) is 17.0. The van der Waals surface area contributed by atoms with E-state index in [9.17, 15) is 13.2 Å². The van der Waals surface area contributed by atoms with Crippen LogP contribution in [-0.4, -0.2) is 30.7 Å². The summed E-state index contributed by atoms with van der Waals surface area (Å²) >= 11 is 0. The molecule has 7 nitrogen and oxygen atoms in total. The molecule has 0 atom stereocenters. The largest absolute Gasteiger partial charge is 0.494 e. The van der Waals surface area contributed by atoms with Crippen LogP contribution in [0.15, 0.2) is 48.5 Å². The van der Waals surface area contributed by atoms with Crippen molar-refractivity contribution in [1.82, 2.24) is 9.78 Å². The van der Waals surface area contributed by atoms with E-state index in [4.69, 9.17) is 4.74 Å². The lowest BCUT2D eigenvalue weighted by Gasteiger charge is -2.12. The van der Waals surface area contributed by atoms with Crippen LogP contribution in [0.25, 0.3) is 5.69 Å². The van der Waals surface area contributed by atoms with Crippen molar-refractivity contribution < 1.29 is 17.9 Å². The Balaban J connectivity index is 1.70. The molecule has 0 saturated heterocycles. The van der Waals surface area contributed by atoms with E-state index in [-0.39, 0.29) is 17.4 Å². The summed E-state index contributed by atoms with van der Waals surface area (Å²) in [6.07, 6.45) is 0. The molecule has 0 saturated carbocycles. The summed E-state index contributed by atoms with van der Waals surface area (Å²) in [5.74, 6) is 0.484. The minimum atomic E-state index is -3.25. The van der Waals surface area contributed by atoms with Crippen LogP contribution in [0.5, 0.6) is 5.75 Å². The number of nitrogens with zero attached hydrogens (tertiary/aromatic N) is 2. The minimum Gasteiger partial charge on any atom is -0.494 e. The Hall–Kier alpha value is -3.13. The van der Waals surface area contributed by atoms with Crippen molar-refractivity contribution in [3.05, 3.63) is 70.9 Å². The van der Waals surface area contributed by atoms with Crippen molar-refractivity contribution >= 4 is 21.6 Å². The maximum absolute atomic E-state index is 12.8. The first-order valence-electron chi connectivity index (χ1n) is 9.29. The molecule has 29 heavy (non-hydrogen) atoms. The fourth-order valence-corrected chi connectivity index (χ4v) is 4.79. The lowest BCUT2D eigenvalue weighted by molar-refractivity contribution is 0.102. The van der Waals surface area contributed by atoms with Gasteiger partial charge in [0.2, 0.25) is 0 Å². The van der Waals surface area contributed by atoms with E-state index in [2.05, 4.69) is 10.4 Å². The first-order chi connectivity index (χ1) is 13.9. The number of sulfone groups is 1. The van der Waals surface area contributed by atoms with Crippen LogP contribution in [0.3, 0.4) is 0 Å². The van der Waals surface area contributed by atoms with Gasteiger partial charge in [-0.25, -0.2) is 13.1 Å². The molecular weight excluding hydrogens is 390 g/mol. The lowest BCUT2D eigenvalue weighted by atomic mass is 10.2. The van der Waals surface area contributed by atoms with Gasteiger partial charge in [-0.3, -0.25) is 4.79 Å². The summed E-state index contributed by atoms with van der Waals surface area (Å²) in [7, 11) is -3.25. The second-order valence-electron chi connectivity index (χ2n) is 6.96. The number of hydrogen-bond donors (Lipinski definition) is 1. The average Bonchev–Trinajstić information content (AvgIpc) is 3.16. The zero-order valence-electron chi connectivity index (χ0n) is 16.2. The molecule has 0 spiro atoms. The van der Waals surface area contributed by atoms with E-state index >= 15 is 0 Å². The highest BCUT2D eigenvalue weighted by molar-refractivity contribution is 7.90. The number of rotatable bonds is 5. The Morgan fingerprint density at radius 2 is 1.79 bits per heavy atom. The number of aryl methyl sites for hydroxylation is 1. The predicted octanol–water partition coefficient (Wildman–Crippen LogP) is 3.26. The lowest BCUT2D eigenvalue weighted by Crippen LogP contribution is -2.17. The first kappa shape index (κ1) is 19.2. The second kappa shape index (κ2) is 7.36.